The van der Waals surface area contributed by atoms with Crippen LogP contribution in [0.15, 0.2) is 48.8 Å². The number of carbonyl (C=O) groups is 1. The van der Waals surface area contributed by atoms with Crippen molar-refractivity contribution in [2.45, 2.75) is 31.8 Å². The SMILES string of the molecule is O=C(NCc1ccncc1)C(NCCC1CCNCC1)c1cccc(Cl)c1. The number of aromatic nitrogens is 1. The number of rotatable bonds is 8. The lowest BCUT2D eigenvalue weighted by molar-refractivity contribution is -0.123. The molecule has 0 saturated carbocycles. The molecule has 2 aromatic rings. The van der Waals surface area contributed by atoms with E-state index >= 15 is 0 Å². The highest BCUT2D eigenvalue weighted by Gasteiger charge is 2.21. The van der Waals surface area contributed by atoms with Gasteiger partial charge in [-0.15, -0.1) is 0 Å². The Morgan fingerprint density at radius 3 is 2.74 bits per heavy atom. The highest BCUT2D eigenvalue weighted by molar-refractivity contribution is 6.30. The Hall–Kier alpha value is -1.95. The zero-order valence-electron chi connectivity index (χ0n) is 15.5. The van der Waals surface area contributed by atoms with Gasteiger partial charge >= 0.3 is 0 Å². The Morgan fingerprint density at radius 2 is 2.00 bits per heavy atom. The van der Waals surface area contributed by atoms with E-state index in [1.807, 2.05) is 36.4 Å². The van der Waals surface area contributed by atoms with Gasteiger partial charge in [0.15, 0.2) is 0 Å². The molecule has 1 atom stereocenters. The number of pyridine rings is 1. The smallest absolute Gasteiger partial charge is 0.242 e. The molecule has 1 unspecified atom stereocenters. The molecule has 1 saturated heterocycles. The molecule has 3 rings (SSSR count). The van der Waals surface area contributed by atoms with Gasteiger partial charge < -0.3 is 16.0 Å². The molecule has 1 aromatic heterocycles. The van der Waals surface area contributed by atoms with Crippen LogP contribution in [0.2, 0.25) is 5.02 Å². The Morgan fingerprint density at radius 1 is 1.22 bits per heavy atom. The summed E-state index contributed by atoms with van der Waals surface area (Å²) in [6, 6.07) is 10.9. The minimum Gasteiger partial charge on any atom is -0.350 e. The van der Waals surface area contributed by atoms with E-state index in [0.717, 1.165) is 43.1 Å². The first kappa shape index (κ1) is 19.8. The van der Waals surface area contributed by atoms with Gasteiger partial charge in [-0.3, -0.25) is 9.78 Å². The van der Waals surface area contributed by atoms with Gasteiger partial charge in [0, 0.05) is 24.0 Å². The summed E-state index contributed by atoms with van der Waals surface area (Å²) in [5, 5.41) is 10.5. The third-order valence-electron chi connectivity index (χ3n) is 5.02. The lowest BCUT2D eigenvalue weighted by Crippen LogP contribution is -2.38. The molecule has 2 heterocycles. The molecule has 27 heavy (non-hydrogen) atoms. The van der Waals surface area contributed by atoms with Crippen molar-refractivity contribution >= 4 is 17.5 Å². The molecule has 6 heteroatoms. The van der Waals surface area contributed by atoms with Gasteiger partial charge in [-0.1, -0.05) is 23.7 Å². The summed E-state index contributed by atoms with van der Waals surface area (Å²) in [5.41, 5.74) is 1.91. The largest absolute Gasteiger partial charge is 0.350 e. The normalized spacial score (nSPS) is 16.0. The highest BCUT2D eigenvalue weighted by Crippen LogP contribution is 2.20. The molecule has 0 spiro atoms. The number of halogens is 1. The number of nitrogens with zero attached hydrogens (tertiary/aromatic N) is 1. The van der Waals surface area contributed by atoms with Crippen molar-refractivity contribution < 1.29 is 4.79 Å². The van der Waals surface area contributed by atoms with Crippen LogP contribution < -0.4 is 16.0 Å². The number of amides is 1. The fourth-order valence-corrected chi connectivity index (χ4v) is 3.64. The second-order valence-corrected chi connectivity index (χ2v) is 7.43. The maximum absolute atomic E-state index is 12.9. The van der Waals surface area contributed by atoms with E-state index < -0.39 is 6.04 Å². The molecule has 0 radical (unpaired) electrons. The van der Waals surface area contributed by atoms with Crippen LogP contribution in [0.1, 0.15) is 36.4 Å². The third-order valence-corrected chi connectivity index (χ3v) is 5.26. The molecular formula is C21H27ClN4O. The van der Waals surface area contributed by atoms with Crippen molar-refractivity contribution in [2.75, 3.05) is 19.6 Å². The molecule has 1 aliphatic heterocycles. The average Bonchev–Trinajstić information content (AvgIpc) is 2.71. The van der Waals surface area contributed by atoms with E-state index in [4.69, 9.17) is 11.6 Å². The van der Waals surface area contributed by atoms with Gasteiger partial charge in [-0.05, 0) is 80.2 Å². The standard InChI is InChI=1S/C21H27ClN4O/c22-19-3-1-2-18(14-19)20(25-13-8-16-4-9-23-10-5-16)21(27)26-15-17-6-11-24-12-7-17/h1-3,6-7,11-12,14,16,20,23,25H,4-5,8-10,13,15H2,(H,26,27). The van der Waals surface area contributed by atoms with Crippen molar-refractivity contribution in [2.24, 2.45) is 5.92 Å². The van der Waals surface area contributed by atoms with Crippen LogP contribution in [-0.4, -0.2) is 30.5 Å². The minimum absolute atomic E-state index is 0.0422. The maximum Gasteiger partial charge on any atom is 0.242 e. The molecule has 1 amide bonds. The van der Waals surface area contributed by atoms with E-state index in [1.165, 1.54) is 12.8 Å². The molecule has 0 aliphatic carbocycles. The number of hydrogen-bond acceptors (Lipinski definition) is 4. The second-order valence-electron chi connectivity index (χ2n) is 7.00. The van der Waals surface area contributed by atoms with Crippen LogP contribution in [0.5, 0.6) is 0 Å². The van der Waals surface area contributed by atoms with Crippen molar-refractivity contribution in [3.63, 3.8) is 0 Å². The van der Waals surface area contributed by atoms with Crippen molar-refractivity contribution in [3.05, 3.63) is 64.9 Å². The summed E-state index contributed by atoms with van der Waals surface area (Å²) in [6.45, 7) is 3.47. The van der Waals surface area contributed by atoms with Crippen LogP contribution >= 0.6 is 11.6 Å². The monoisotopic (exact) mass is 386 g/mol. The number of piperidine rings is 1. The van der Waals surface area contributed by atoms with E-state index in [0.29, 0.717) is 11.6 Å². The van der Waals surface area contributed by atoms with Crippen molar-refractivity contribution in [1.29, 1.82) is 0 Å². The molecule has 1 fully saturated rings. The summed E-state index contributed by atoms with van der Waals surface area (Å²) in [6.07, 6.45) is 6.95. The Labute approximate surface area is 165 Å². The summed E-state index contributed by atoms with van der Waals surface area (Å²) in [7, 11) is 0. The molecule has 3 N–H and O–H groups in total. The summed E-state index contributed by atoms with van der Waals surface area (Å²) in [5.74, 6) is 0.679. The lowest BCUT2D eigenvalue weighted by atomic mass is 9.94. The predicted molar refractivity (Wildman–Crippen MR) is 108 cm³/mol. The molecule has 1 aromatic carbocycles. The van der Waals surface area contributed by atoms with E-state index in [-0.39, 0.29) is 5.91 Å². The van der Waals surface area contributed by atoms with Gasteiger partial charge in [-0.2, -0.15) is 0 Å². The molecule has 144 valence electrons. The number of benzene rings is 1. The zero-order valence-corrected chi connectivity index (χ0v) is 16.2. The average molecular weight is 387 g/mol. The summed E-state index contributed by atoms with van der Waals surface area (Å²) >= 11 is 6.15. The highest BCUT2D eigenvalue weighted by atomic mass is 35.5. The van der Waals surface area contributed by atoms with E-state index in [9.17, 15) is 4.79 Å². The van der Waals surface area contributed by atoms with E-state index in [1.54, 1.807) is 12.4 Å². The fraction of sp³-hybridized carbons (Fsp3) is 0.429. The first-order valence-corrected chi connectivity index (χ1v) is 9.96. The van der Waals surface area contributed by atoms with Gasteiger partial charge in [0.2, 0.25) is 5.91 Å². The molecular weight excluding hydrogens is 360 g/mol. The zero-order chi connectivity index (χ0) is 18.9. The second kappa shape index (κ2) is 10.4. The van der Waals surface area contributed by atoms with Gasteiger partial charge in [0.25, 0.3) is 0 Å². The fourth-order valence-electron chi connectivity index (χ4n) is 3.44. The maximum atomic E-state index is 12.9. The van der Waals surface area contributed by atoms with Crippen LogP contribution in [0, 0.1) is 5.92 Å². The van der Waals surface area contributed by atoms with Crippen molar-refractivity contribution in [3.8, 4) is 0 Å². The molecule has 0 bridgehead atoms. The van der Waals surface area contributed by atoms with Gasteiger partial charge in [-0.25, -0.2) is 0 Å². The molecule has 1 aliphatic rings. The number of carbonyl (C=O) groups excluding carboxylic acids is 1. The van der Waals surface area contributed by atoms with Gasteiger partial charge in [0.05, 0.1) is 0 Å². The molecule has 5 nitrogen and oxygen atoms in total. The quantitative estimate of drug-likeness (QED) is 0.652. The van der Waals surface area contributed by atoms with Crippen LogP contribution in [0.3, 0.4) is 0 Å². The predicted octanol–water partition coefficient (Wildman–Crippen LogP) is 3.07. The van der Waals surface area contributed by atoms with Gasteiger partial charge in [0.1, 0.15) is 6.04 Å². The first-order chi connectivity index (χ1) is 13.2. The third kappa shape index (κ3) is 6.31. The number of nitrogens with one attached hydrogen (secondary N) is 3. The lowest BCUT2D eigenvalue weighted by Gasteiger charge is -2.24. The van der Waals surface area contributed by atoms with Crippen molar-refractivity contribution in [1.82, 2.24) is 20.9 Å². The minimum atomic E-state index is -0.410. The summed E-state index contributed by atoms with van der Waals surface area (Å²) < 4.78 is 0. The van der Waals surface area contributed by atoms with Crippen LogP contribution in [0.4, 0.5) is 0 Å². The van der Waals surface area contributed by atoms with E-state index in [2.05, 4.69) is 20.9 Å². The van der Waals surface area contributed by atoms with Crippen LogP contribution in [0.25, 0.3) is 0 Å². The first-order valence-electron chi connectivity index (χ1n) is 9.58. The Bertz CT molecular complexity index is 719. The Kier molecular flexibility index (Phi) is 7.63. The Balaban J connectivity index is 1.60. The summed E-state index contributed by atoms with van der Waals surface area (Å²) in [4.78, 5) is 16.9. The number of hydrogen-bond donors (Lipinski definition) is 3. The van der Waals surface area contributed by atoms with Crippen LogP contribution in [-0.2, 0) is 11.3 Å². The topological polar surface area (TPSA) is 66.0 Å².